The molecule has 2 N–H and O–H groups in total. The molecule has 0 bridgehead atoms. The lowest BCUT2D eigenvalue weighted by Gasteiger charge is -2.25. The molecule has 0 saturated heterocycles. The SMILES string of the molecule is COCCNC(C)(C(=O)O)c1ccccn1. The Balaban J connectivity index is 2.85. The van der Waals surface area contributed by atoms with Gasteiger partial charge < -0.3 is 9.84 Å². The van der Waals surface area contributed by atoms with Crippen LogP contribution in [0.5, 0.6) is 0 Å². The molecule has 1 unspecified atom stereocenters. The first-order valence-corrected chi connectivity index (χ1v) is 5.00. The maximum Gasteiger partial charge on any atom is 0.329 e. The zero-order valence-electron chi connectivity index (χ0n) is 9.43. The van der Waals surface area contributed by atoms with Gasteiger partial charge in [-0.15, -0.1) is 0 Å². The Morgan fingerprint density at radius 2 is 2.38 bits per heavy atom. The van der Waals surface area contributed by atoms with Crippen LogP contribution in [0.15, 0.2) is 24.4 Å². The molecule has 16 heavy (non-hydrogen) atoms. The molecule has 1 rings (SSSR count). The molecule has 5 heteroatoms. The summed E-state index contributed by atoms with van der Waals surface area (Å²) in [5.74, 6) is -0.956. The first-order valence-electron chi connectivity index (χ1n) is 5.00. The van der Waals surface area contributed by atoms with E-state index in [1.807, 2.05) is 0 Å². The normalized spacial score (nSPS) is 14.4. The van der Waals surface area contributed by atoms with Crippen LogP contribution in [-0.4, -0.2) is 36.3 Å². The minimum Gasteiger partial charge on any atom is -0.480 e. The van der Waals surface area contributed by atoms with E-state index in [1.54, 1.807) is 38.4 Å². The van der Waals surface area contributed by atoms with Crippen LogP contribution in [0.4, 0.5) is 0 Å². The lowest BCUT2D eigenvalue weighted by Crippen LogP contribution is -2.48. The average molecular weight is 224 g/mol. The maximum atomic E-state index is 11.3. The molecule has 0 aliphatic heterocycles. The monoisotopic (exact) mass is 224 g/mol. The average Bonchev–Trinajstić information content (AvgIpc) is 2.30. The highest BCUT2D eigenvalue weighted by molar-refractivity contribution is 5.79. The molecule has 5 nitrogen and oxygen atoms in total. The van der Waals surface area contributed by atoms with Crippen molar-refractivity contribution in [3.05, 3.63) is 30.1 Å². The molecule has 0 spiro atoms. The van der Waals surface area contributed by atoms with Crippen molar-refractivity contribution in [3.8, 4) is 0 Å². The standard InChI is InChI=1S/C11H16N2O3/c1-11(10(14)15,13-7-8-16-2)9-5-3-4-6-12-9/h3-6,13H,7-8H2,1-2H3,(H,14,15). The van der Waals surface area contributed by atoms with E-state index in [2.05, 4.69) is 10.3 Å². The van der Waals surface area contributed by atoms with Gasteiger partial charge in [-0.1, -0.05) is 6.07 Å². The molecule has 0 aliphatic rings. The van der Waals surface area contributed by atoms with E-state index in [0.29, 0.717) is 18.8 Å². The number of ether oxygens (including phenoxy) is 1. The van der Waals surface area contributed by atoms with Crippen LogP contribution in [0, 0.1) is 0 Å². The number of rotatable bonds is 6. The van der Waals surface area contributed by atoms with Gasteiger partial charge in [-0.2, -0.15) is 0 Å². The second-order valence-corrected chi connectivity index (χ2v) is 3.56. The Morgan fingerprint density at radius 3 is 2.88 bits per heavy atom. The highest BCUT2D eigenvalue weighted by Gasteiger charge is 2.35. The van der Waals surface area contributed by atoms with Crippen LogP contribution in [0.2, 0.25) is 0 Å². The number of hydrogen-bond acceptors (Lipinski definition) is 4. The Hall–Kier alpha value is -1.46. The molecular formula is C11H16N2O3. The molecule has 0 aliphatic carbocycles. The maximum absolute atomic E-state index is 11.3. The lowest BCUT2D eigenvalue weighted by molar-refractivity contribution is -0.144. The van der Waals surface area contributed by atoms with E-state index in [-0.39, 0.29) is 0 Å². The van der Waals surface area contributed by atoms with Crippen molar-refractivity contribution in [1.29, 1.82) is 0 Å². The van der Waals surface area contributed by atoms with Gasteiger partial charge in [-0.05, 0) is 19.1 Å². The quantitative estimate of drug-likeness (QED) is 0.693. The number of carbonyl (C=O) groups is 1. The van der Waals surface area contributed by atoms with Crippen molar-refractivity contribution in [1.82, 2.24) is 10.3 Å². The molecule has 0 fully saturated rings. The molecule has 0 radical (unpaired) electrons. The van der Waals surface area contributed by atoms with Crippen molar-refractivity contribution < 1.29 is 14.6 Å². The van der Waals surface area contributed by atoms with Crippen LogP contribution >= 0.6 is 0 Å². The van der Waals surface area contributed by atoms with Gasteiger partial charge in [0.1, 0.15) is 0 Å². The second kappa shape index (κ2) is 5.58. The molecule has 1 atom stereocenters. The Labute approximate surface area is 94.5 Å². The van der Waals surface area contributed by atoms with E-state index >= 15 is 0 Å². The predicted molar refractivity (Wildman–Crippen MR) is 59.1 cm³/mol. The van der Waals surface area contributed by atoms with Crippen LogP contribution in [0.1, 0.15) is 12.6 Å². The number of aromatic nitrogens is 1. The van der Waals surface area contributed by atoms with Crippen LogP contribution in [0.25, 0.3) is 0 Å². The van der Waals surface area contributed by atoms with Crippen LogP contribution in [-0.2, 0) is 15.1 Å². The Bertz CT molecular complexity index is 342. The van der Waals surface area contributed by atoms with E-state index in [0.717, 1.165) is 0 Å². The summed E-state index contributed by atoms with van der Waals surface area (Å²) in [6, 6.07) is 5.20. The van der Waals surface area contributed by atoms with Gasteiger partial charge in [0.2, 0.25) is 0 Å². The molecular weight excluding hydrogens is 208 g/mol. The van der Waals surface area contributed by atoms with Crippen molar-refractivity contribution in [3.63, 3.8) is 0 Å². The third kappa shape index (κ3) is 2.77. The molecule has 0 amide bonds. The molecule has 1 aromatic rings. The minimum absolute atomic E-state index is 0.454. The van der Waals surface area contributed by atoms with Gasteiger partial charge >= 0.3 is 5.97 Å². The smallest absolute Gasteiger partial charge is 0.329 e. The number of nitrogens with zero attached hydrogens (tertiary/aromatic N) is 1. The summed E-state index contributed by atoms with van der Waals surface area (Å²) < 4.78 is 4.88. The van der Waals surface area contributed by atoms with Crippen molar-refractivity contribution in [2.75, 3.05) is 20.3 Å². The number of methoxy groups -OCH3 is 1. The number of carboxylic acid groups (broad SMARTS) is 1. The number of hydrogen-bond donors (Lipinski definition) is 2. The molecule has 1 aromatic heterocycles. The third-order valence-electron chi connectivity index (χ3n) is 2.39. The predicted octanol–water partition coefficient (Wildman–Crippen LogP) is 0.617. The summed E-state index contributed by atoms with van der Waals surface area (Å²) in [5.41, 5.74) is -0.696. The first kappa shape index (κ1) is 12.6. The van der Waals surface area contributed by atoms with Crippen molar-refractivity contribution in [2.24, 2.45) is 0 Å². The van der Waals surface area contributed by atoms with E-state index in [1.165, 1.54) is 0 Å². The van der Waals surface area contributed by atoms with Crippen molar-refractivity contribution in [2.45, 2.75) is 12.5 Å². The zero-order valence-corrected chi connectivity index (χ0v) is 9.43. The summed E-state index contributed by atoms with van der Waals surface area (Å²) >= 11 is 0. The van der Waals surface area contributed by atoms with Crippen LogP contribution in [0.3, 0.4) is 0 Å². The zero-order chi connectivity index (χ0) is 12.0. The summed E-state index contributed by atoms with van der Waals surface area (Å²) in [6.07, 6.45) is 1.58. The lowest BCUT2D eigenvalue weighted by atomic mass is 9.97. The molecule has 1 heterocycles. The number of carboxylic acids is 1. The highest BCUT2D eigenvalue weighted by Crippen LogP contribution is 2.18. The highest BCUT2D eigenvalue weighted by atomic mass is 16.5. The van der Waals surface area contributed by atoms with Gasteiger partial charge in [0.05, 0.1) is 12.3 Å². The largest absolute Gasteiger partial charge is 0.480 e. The summed E-state index contributed by atoms with van der Waals surface area (Å²) in [6.45, 7) is 2.50. The van der Waals surface area contributed by atoms with Gasteiger partial charge in [-0.3, -0.25) is 10.3 Å². The number of nitrogens with one attached hydrogen (secondary N) is 1. The second-order valence-electron chi connectivity index (χ2n) is 3.56. The van der Waals surface area contributed by atoms with Gasteiger partial charge in [0.15, 0.2) is 5.54 Å². The Morgan fingerprint density at radius 1 is 1.62 bits per heavy atom. The number of aliphatic carboxylic acids is 1. The van der Waals surface area contributed by atoms with E-state index in [4.69, 9.17) is 4.74 Å². The van der Waals surface area contributed by atoms with Crippen molar-refractivity contribution >= 4 is 5.97 Å². The molecule has 0 aromatic carbocycles. The summed E-state index contributed by atoms with van der Waals surface area (Å²) in [5, 5.41) is 12.2. The first-order chi connectivity index (χ1) is 7.61. The number of pyridine rings is 1. The van der Waals surface area contributed by atoms with Crippen LogP contribution < -0.4 is 5.32 Å². The van der Waals surface area contributed by atoms with E-state index < -0.39 is 11.5 Å². The third-order valence-corrected chi connectivity index (χ3v) is 2.39. The fraction of sp³-hybridized carbons (Fsp3) is 0.455. The van der Waals surface area contributed by atoms with E-state index in [9.17, 15) is 9.90 Å². The molecule has 88 valence electrons. The summed E-state index contributed by atoms with van der Waals surface area (Å²) in [7, 11) is 1.57. The fourth-order valence-corrected chi connectivity index (χ4v) is 1.34. The minimum atomic E-state index is -1.18. The van der Waals surface area contributed by atoms with Gasteiger partial charge in [0, 0.05) is 19.9 Å². The van der Waals surface area contributed by atoms with Gasteiger partial charge in [0.25, 0.3) is 0 Å². The molecule has 0 saturated carbocycles. The Kier molecular flexibility index (Phi) is 4.39. The topological polar surface area (TPSA) is 71.5 Å². The summed E-state index contributed by atoms with van der Waals surface area (Å²) in [4.78, 5) is 15.3. The fourth-order valence-electron chi connectivity index (χ4n) is 1.34. The van der Waals surface area contributed by atoms with Gasteiger partial charge in [-0.25, -0.2) is 4.79 Å².